The molecule has 0 aromatic rings. The van der Waals surface area contributed by atoms with Gasteiger partial charge in [0.1, 0.15) is 0 Å². The van der Waals surface area contributed by atoms with E-state index >= 15 is 0 Å². The van der Waals surface area contributed by atoms with Crippen molar-refractivity contribution in [2.45, 2.75) is 0 Å². The fourth-order valence-corrected chi connectivity index (χ4v) is 0. The second-order valence-corrected chi connectivity index (χ2v) is 0.781. The zero-order valence-electron chi connectivity index (χ0n) is 2.80. The lowest BCUT2D eigenvalue weighted by atomic mass is 13.9. The van der Waals surface area contributed by atoms with Gasteiger partial charge < -0.3 is 10.7 Å². The third-order valence-corrected chi connectivity index (χ3v) is 0. The van der Waals surface area contributed by atoms with Crippen molar-refractivity contribution >= 4 is 11.3 Å². The molecule has 0 aromatic heterocycles. The molecule has 0 spiro atoms. The molecule has 5 heavy (non-hydrogen) atoms. The van der Waals surface area contributed by atoms with Crippen molar-refractivity contribution in [3.05, 3.63) is 0 Å². The molecule has 0 aliphatic heterocycles. The van der Waals surface area contributed by atoms with E-state index in [-0.39, 0.29) is 6.15 Å². The Morgan fingerprint density at radius 1 is 1.80 bits per heavy atom. The van der Waals surface area contributed by atoms with Crippen molar-refractivity contribution in [3.63, 3.8) is 0 Å². The first-order valence-corrected chi connectivity index (χ1v) is 1.71. The summed E-state index contributed by atoms with van der Waals surface area (Å²) >= 11 is -2.36. The summed E-state index contributed by atoms with van der Waals surface area (Å²) in [6.45, 7) is 0. The summed E-state index contributed by atoms with van der Waals surface area (Å²) in [6, 6.07) is 0. The van der Waals surface area contributed by atoms with Crippen LogP contribution in [0.15, 0.2) is 0 Å². The van der Waals surface area contributed by atoms with Crippen molar-refractivity contribution in [1.29, 1.82) is 0 Å². The van der Waals surface area contributed by atoms with Crippen LogP contribution in [-0.4, -0.2) is 8.76 Å². The van der Waals surface area contributed by atoms with Gasteiger partial charge in [0.15, 0.2) is 0 Å². The molecule has 0 rings (SSSR count). The summed E-state index contributed by atoms with van der Waals surface area (Å²) in [6.07, 6.45) is 0. The average molecular weight is 98.1 g/mol. The second-order valence-electron chi connectivity index (χ2n) is 0.260. The van der Waals surface area contributed by atoms with Crippen LogP contribution in [0.4, 0.5) is 0 Å². The second kappa shape index (κ2) is 4.03. The van der Waals surface area contributed by atoms with Gasteiger partial charge in [-0.2, -0.15) is 0 Å². The van der Waals surface area contributed by atoms with E-state index in [1.54, 1.807) is 0 Å². The maximum absolute atomic E-state index is 8.78. The van der Waals surface area contributed by atoms with Gasteiger partial charge in [-0.25, -0.2) is 0 Å². The zero-order valence-corrected chi connectivity index (χ0v) is 3.62. The molecule has 0 heterocycles. The molecule has 0 bridgehead atoms. The van der Waals surface area contributed by atoms with Gasteiger partial charge in [-0.1, -0.05) is 0 Å². The van der Waals surface area contributed by atoms with Crippen LogP contribution >= 0.6 is 0 Å². The van der Waals surface area contributed by atoms with E-state index in [4.69, 9.17) is 8.76 Å². The van der Waals surface area contributed by atoms with Crippen LogP contribution in [0.25, 0.3) is 0 Å². The fraction of sp³-hybridized carbons (Fsp3) is 0. The molecule has 0 radical (unpaired) electrons. The Hall–Kier alpha value is 0.0300. The highest BCUT2D eigenvalue weighted by molar-refractivity contribution is 7.76. The molecular formula is H6N2O2S. The molecule has 5 heteroatoms. The van der Waals surface area contributed by atoms with Crippen molar-refractivity contribution in [1.82, 2.24) is 6.15 Å². The van der Waals surface area contributed by atoms with E-state index in [2.05, 4.69) is 5.14 Å². The summed E-state index contributed by atoms with van der Waals surface area (Å²) < 4.78 is 17.6. The molecule has 6 N–H and O–H groups in total. The predicted molar refractivity (Wildman–Crippen MR) is 19.1 cm³/mol. The molecule has 0 aromatic carbocycles. The number of quaternary nitrogens is 1. The van der Waals surface area contributed by atoms with Crippen LogP contribution in [0.2, 0.25) is 0 Å². The van der Waals surface area contributed by atoms with Crippen molar-refractivity contribution < 1.29 is 8.76 Å². The summed E-state index contributed by atoms with van der Waals surface area (Å²) in [5, 5.41) is 4.03. The third-order valence-electron chi connectivity index (χ3n) is 0. The third kappa shape index (κ3) is 18500. The lowest BCUT2D eigenvalue weighted by molar-refractivity contribution is 0.539. The summed E-state index contributed by atoms with van der Waals surface area (Å²) in [5.74, 6) is 0. The SMILES string of the molecule is NS(=O)[O-].[NH4+]. The van der Waals surface area contributed by atoms with Crippen LogP contribution in [0.3, 0.4) is 0 Å². The van der Waals surface area contributed by atoms with Gasteiger partial charge in [0.25, 0.3) is 0 Å². The first-order valence-electron chi connectivity index (χ1n) is 0.569. The average Bonchev–Trinajstić information content (AvgIpc) is 0.811. The summed E-state index contributed by atoms with van der Waals surface area (Å²) in [4.78, 5) is 0. The first-order chi connectivity index (χ1) is 1.73. The number of hydrogen-bond donors (Lipinski definition) is 2. The molecule has 0 aliphatic carbocycles. The van der Waals surface area contributed by atoms with Crippen LogP contribution in [0.5, 0.6) is 0 Å². The molecule has 0 saturated heterocycles. The van der Waals surface area contributed by atoms with E-state index in [1.165, 1.54) is 0 Å². The normalized spacial score (nSPS) is 12.4. The van der Waals surface area contributed by atoms with Crippen LogP contribution in [0.1, 0.15) is 0 Å². The maximum atomic E-state index is 8.78. The van der Waals surface area contributed by atoms with Gasteiger partial charge in [-0.3, -0.25) is 9.35 Å². The van der Waals surface area contributed by atoms with E-state index in [1.807, 2.05) is 0 Å². The predicted octanol–water partition coefficient (Wildman–Crippen LogP) is -0.885. The first kappa shape index (κ1) is 8.90. The Labute approximate surface area is 32.4 Å². The van der Waals surface area contributed by atoms with Gasteiger partial charge >= 0.3 is 0 Å². The van der Waals surface area contributed by atoms with Gasteiger partial charge in [-0.05, 0) is 0 Å². The van der Waals surface area contributed by atoms with Crippen molar-refractivity contribution in [2.24, 2.45) is 5.14 Å². The minimum Gasteiger partial charge on any atom is -0.760 e. The maximum Gasteiger partial charge on any atom is 0.0152 e. The number of nitrogens with two attached hydrogens (primary N) is 1. The monoisotopic (exact) mass is 98.0 g/mol. The molecule has 34 valence electrons. The highest BCUT2D eigenvalue weighted by Crippen LogP contribution is 1.33. The minimum atomic E-state index is -2.36. The highest BCUT2D eigenvalue weighted by Gasteiger charge is 1.39. The fourth-order valence-electron chi connectivity index (χ4n) is 0. The molecular weight excluding hydrogens is 92.1 g/mol. The van der Waals surface area contributed by atoms with Gasteiger partial charge in [0.05, 0.1) is 0 Å². The lowest BCUT2D eigenvalue weighted by Crippen LogP contribution is -1.97. The van der Waals surface area contributed by atoms with Crippen molar-refractivity contribution in [3.8, 4) is 0 Å². The Kier molecular flexibility index (Phi) is 7.17. The molecule has 0 amide bonds. The van der Waals surface area contributed by atoms with Crippen molar-refractivity contribution in [2.75, 3.05) is 0 Å². The molecule has 0 saturated carbocycles. The lowest BCUT2D eigenvalue weighted by Gasteiger charge is -1.85. The number of rotatable bonds is 0. The van der Waals surface area contributed by atoms with E-state index in [0.717, 1.165) is 0 Å². The Balaban J connectivity index is 0. The van der Waals surface area contributed by atoms with Gasteiger partial charge in [-0.15, -0.1) is 0 Å². The molecule has 0 fully saturated rings. The van der Waals surface area contributed by atoms with Gasteiger partial charge in [0, 0.05) is 11.3 Å². The standard InChI is InChI=1S/H3NO2S.H3N/c1-4(2)3;/h1H2,(H,2,3);1H3. The van der Waals surface area contributed by atoms with Crippen LogP contribution in [-0.2, 0) is 11.3 Å². The van der Waals surface area contributed by atoms with E-state index in [9.17, 15) is 0 Å². The topological polar surface area (TPSA) is 103 Å². The molecule has 0 aliphatic rings. The van der Waals surface area contributed by atoms with Crippen LogP contribution < -0.4 is 11.3 Å². The van der Waals surface area contributed by atoms with Gasteiger partial charge in [0.2, 0.25) is 0 Å². The highest BCUT2D eigenvalue weighted by atomic mass is 32.2. The van der Waals surface area contributed by atoms with E-state index < -0.39 is 11.3 Å². The Bertz CT molecular complexity index is 30.6. The van der Waals surface area contributed by atoms with Crippen LogP contribution in [0, 0.1) is 0 Å². The Morgan fingerprint density at radius 3 is 1.80 bits per heavy atom. The Morgan fingerprint density at radius 2 is 1.80 bits per heavy atom. The minimum absolute atomic E-state index is 0. The summed E-state index contributed by atoms with van der Waals surface area (Å²) in [5.41, 5.74) is 0. The smallest absolute Gasteiger partial charge is 0.0152 e. The number of hydrogen-bond acceptors (Lipinski definition) is 2. The van der Waals surface area contributed by atoms with E-state index in [0.29, 0.717) is 0 Å². The molecule has 1 atom stereocenters. The quantitative estimate of drug-likeness (QED) is 0.384. The molecule has 4 nitrogen and oxygen atoms in total. The summed E-state index contributed by atoms with van der Waals surface area (Å²) in [7, 11) is 0. The largest absolute Gasteiger partial charge is 0.760 e. The molecule has 1 unspecified atom stereocenters. The zero-order chi connectivity index (χ0) is 3.58.